The van der Waals surface area contributed by atoms with Crippen LogP contribution >= 0.6 is 23.2 Å². The molecule has 0 heterocycles. The van der Waals surface area contributed by atoms with Crippen molar-refractivity contribution in [3.05, 3.63) is 58.1 Å². The molecular weight excluding hydrogens is 299 g/mol. The predicted molar refractivity (Wildman–Crippen MR) is 77.3 cm³/mol. The van der Waals surface area contributed by atoms with Gasteiger partial charge in [0.05, 0.1) is 22.3 Å². The number of halogens is 2. The summed E-state index contributed by atoms with van der Waals surface area (Å²) in [4.78, 5) is 11.7. The van der Waals surface area contributed by atoms with E-state index in [1.165, 1.54) is 18.2 Å². The lowest BCUT2D eigenvalue weighted by Crippen LogP contribution is -2.16. The average molecular weight is 307 g/mol. The molecule has 0 fully saturated rings. The van der Waals surface area contributed by atoms with Crippen molar-refractivity contribution >= 4 is 35.0 Å². The number of amides is 1. The Balaban J connectivity index is 2.05. The lowest BCUT2D eigenvalue weighted by atomic mass is 10.2. The fraction of sp³-hybridized carbons (Fsp3) is 0. The van der Waals surface area contributed by atoms with Gasteiger partial charge in [0.2, 0.25) is 0 Å². The Morgan fingerprint density at radius 1 is 1.15 bits per heavy atom. The molecule has 2 aromatic rings. The minimum atomic E-state index is -0.695. The molecule has 0 saturated carbocycles. The Bertz CT molecular complexity index is 679. The van der Waals surface area contributed by atoms with Crippen LogP contribution in [0.3, 0.4) is 0 Å². The van der Waals surface area contributed by atoms with Crippen LogP contribution in [0.15, 0.2) is 42.5 Å². The van der Waals surface area contributed by atoms with Gasteiger partial charge in [0.15, 0.2) is 0 Å². The van der Waals surface area contributed by atoms with Gasteiger partial charge in [-0.2, -0.15) is 5.26 Å². The Morgan fingerprint density at radius 2 is 1.85 bits per heavy atom. The van der Waals surface area contributed by atoms with E-state index >= 15 is 0 Å². The molecular formula is C14H8Cl2N2O2. The topological polar surface area (TPSA) is 62.1 Å². The second-order valence-corrected chi connectivity index (χ2v) is 4.62. The Kier molecular flexibility index (Phi) is 4.46. The molecule has 100 valence electrons. The van der Waals surface area contributed by atoms with E-state index in [9.17, 15) is 4.79 Å². The monoisotopic (exact) mass is 306 g/mol. The zero-order valence-electron chi connectivity index (χ0n) is 10.1. The van der Waals surface area contributed by atoms with Gasteiger partial charge in [0.25, 0.3) is 0 Å². The van der Waals surface area contributed by atoms with Crippen LogP contribution in [-0.2, 0) is 0 Å². The molecule has 0 radical (unpaired) electrons. The van der Waals surface area contributed by atoms with Crippen molar-refractivity contribution in [2.45, 2.75) is 0 Å². The first-order valence-corrected chi connectivity index (χ1v) is 6.28. The van der Waals surface area contributed by atoms with Crippen molar-refractivity contribution in [1.29, 1.82) is 5.26 Å². The number of nitrogens with one attached hydrogen (secondary N) is 1. The number of anilines is 1. The number of benzene rings is 2. The average Bonchev–Trinajstić information content (AvgIpc) is 2.43. The minimum absolute atomic E-state index is 0.319. The summed E-state index contributed by atoms with van der Waals surface area (Å²) < 4.78 is 5.05. The molecule has 20 heavy (non-hydrogen) atoms. The maximum absolute atomic E-state index is 11.7. The molecule has 0 unspecified atom stereocenters. The fourth-order valence-corrected chi connectivity index (χ4v) is 1.77. The van der Waals surface area contributed by atoms with E-state index < -0.39 is 6.09 Å². The maximum Gasteiger partial charge on any atom is 0.417 e. The van der Waals surface area contributed by atoms with Crippen LogP contribution in [-0.4, -0.2) is 6.09 Å². The van der Waals surface area contributed by atoms with Crippen LogP contribution in [0.25, 0.3) is 0 Å². The van der Waals surface area contributed by atoms with Crippen LogP contribution in [0.1, 0.15) is 5.56 Å². The van der Waals surface area contributed by atoms with Crippen molar-refractivity contribution in [1.82, 2.24) is 0 Å². The number of carbonyl (C=O) groups is 1. The number of nitrogens with zero attached hydrogens (tertiary/aromatic N) is 1. The zero-order valence-corrected chi connectivity index (χ0v) is 11.6. The number of ether oxygens (including phenoxy) is 1. The molecule has 4 nitrogen and oxygen atoms in total. The SMILES string of the molecule is N#Cc1ccc(OC(=O)Nc2cc(Cl)ccc2Cl)cc1. The second kappa shape index (κ2) is 6.29. The van der Waals surface area contributed by atoms with E-state index in [4.69, 9.17) is 33.2 Å². The quantitative estimate of drug-likeness (QED) is 0.890. The summed E-state index contributed by atoms with van der Waals surface area (Å²) in [5.74, 6) is 0.319. The van der Waals surface area contributed by atoms with E-state index in [1.807, 2.05) is 6.07 Å². The Hall–Kier alpha value is -2.22. The van der Waals surface area contributed by atoms with Crippen molar-refractivity contribution in [2.75, 3.05) is 5.32 Å². The molecule has 0 aromatic heterocycles. The van der Waals surface area contributed by atoms with E-state index in [1.54, 1.807) is 24.3 Å². The molecule has 2 rings (SSSR count). The number of rotatable bonds is 2. The summed E-state index contributed by atoms with van der Waals surface area (Å²) in [6.07, 6.45) is -0.695. The minimum Gasteiger partial charge on any atom is -0.410 e. The van der Waals surface area contributed by atoms with E-state index in [2.05, 4.69) is 5.32 Å². The predicted octanol–water partition coefficient (Wildman–Crippen LogP) is 4.48. The van der Waals surface area contributed by atoms with Gasteiger partial charge >= 0.3 is 6.09 Å². The van der Waals surface area contributed by atoms with Crippen molar-refractivity contribution in [3.8, 4) is 11.8 Å². The number of carbonyl (C=O) groups excluding carboxylic acids is 1. The third-order valence-electron chi connectivity index (χ3n) is 2.36. The summed E-state index contributed by atoms with van der Waals surface area (Å²) in [5, 5.41) is 12.0. The van der Waals surface area contributed by atoms with E-state index in [0.717, 1.165) is 0 Å². The molecule has 2 aromatic carbocycles. The van der Waals surface area contributed by atoms with Gasteiger partial charge in [0.1, 0.15) is 5.75 Å². The highest BCUT2D eigenvalue weighted by Gasteiger charge is 2.08. The molecule has 0 bridgehead atoms. The smallest absolute Gasteiger partial charge is 0.410 e. The highest BCUT2D eigenvalue weighted by atomic mass is 35.5. The molecule has 6 heteroatoms. The number of hydrogen-bond donors (Lipinski definition) is 1. The van der Waals surface area contributed by atoms with Gasteiger partial charge in [-0.25, -0.2) is 4.79 Å². The van der Waals surface area contributed by atoms with Gasteiger partial charge in [-0.3, -0.25) is 5.32 Å². The third kappa shape index (κ3) is 3.64. The largest absolute Gasteiger partial charge is 0.417 e. The van der Waals surface area contributed by atoms with Gasteiger partial charge < -0.3 is 4.74 Å². The molecule has 0 spiro atoms. The van der Waals surface area contributed by atoms with Crippen LogP contribution in [0.4, 0.5) is 10.5 Å². The molecule has 1 N–H and O–H groups in total. The highest BCUT2D eigenvalue weighted by Crippen LogP contribution is 2.25. The van der Waals surface area contributed by atoms with Gasteiger partial charge in [-0.1, -0.05) is 23.2 Å². The van der Waals surface area contributed by atoms with Crippen LogP contribution in [0.2, 0.25) is 10.0 Å². The van der Waals surface area contributed by atoms with Crippen LogP contribution in [0, 0.1) is 11.3 Å². The van der Waals surface area contributed by atoms with Gasteiger partial charge in [-0.05, 0) is 42.5 Å². The second-order valence-electron chi connectivity index (χ2n) is 3.77. The van der Waals surface area contributed by atoms with Gasteiger partial charge in [-0.15, -0.1) is 0 Å². The van der Waals surface area contributed by atoms with E-state index in [0.29, 0.717) is 27.0 Å². The highest BCUT2D eigenvalue weighted by molar-refractivity contribution is 6.35. The summed E-state index contributed by atoms with van der Waals surface area (Å²) in [6, 6.07) is 12.8. The first-order valence-electron chi connectivity index (χ1n) is 5.52. The molecule has 0 aliphatic carbocycles. The molecule has 0 aliphatic rings. The molecule has 0 aliphatic heterocycles. The van der Waals surface area contributed by atoms with Crippen molar-refractivity contribution < 1.29 is 9.53 Å². The maximum atomic E-state index is 11.7. The standard InChI is InChI=1S/C14H8Cl2N2O2/c15-10-3-6-12(16)13(7-10)18-14(19)20-11-4-1-9(8-17)2-5-11/h1-7H,(H,18,19). The van der Waals surface area contributed by atoms with Crippen molar-refractivity contribution in [3.63, 3.8) is 0 Å². The normalized spacial score (nSPS) is 9.65. The number of hydrogen-bond acceptors (Lipinski definition) is 3. The number of nitriles is 1. The molecule has 0 atom stereocenters. The summed E-state index contributed by atoms with van der Waals surface area (Å²) in [5.41, 5.74) is 0.841. The lowest BCUT2D eigenvalue weighted by Gasteiger charge is -2.08. The Morgan fingerprint density at radius 3 is 2.50 bits per heavy atom. The van der Waals surface area contributed by atoms with Crippen molar-refractivity contribution in [2.24, 2.45) is 0 Å². The van der Waals surface area contributed by atoms with Crippen LogP contribution in [0.5, 0.6) is 5.75 Å². The zero-order chi connectivity index (χ0) is 14.5. The fourth-order valence-electron chi connectivity index (χ4n) is 1.43. The lowest BCUT2D eigenvalue weighted by molar-refractivity contribution is 0.215. The van der Waals surface area contributed by atoms with E-state index in [-0.39, 0.29) is 0 Å². The van der Waals surface area contributed by atoms with Crippen LogP contribution < -0.4 is 10.1 Å². The first-order chi connectivity index (χ1) is 9.58. The van der Waals surface area contributed by atoms with Gasteiger partial charge in [0, 0.05) is 5.02 Å². The first kappa shape index (κ1) is 14.2. The third-order valence-corrected chi connectivity index (χ3v) is 2.92. The molecule has 1 amide bonds. The summed E-state index contributed by atoms with van der Waals surface area (Å²) in [6.45, 7) is 0. The summed E-state index contributed by atoms with van der Waals surface area (Å²) >= 11 is 11.7. The summed E-state index contributed by atoms with van der Waals surface area (Å²) in [7, 11) is 0. The molecule has 0 saturated heterocycles. The Labute approximate surface area is 125 Å².